The summed E-state index contributed by atoms with van der Waals surface area (Å²) in [6.07, 6.45) is -8.82. The Kier molecular flexibility index (Phi) is 3.53. The fourth-order valence-electron chi connectivity index (χ4n) is 1.13. The van der Waals surface area contributed by atoms with Crippen molar-refractivity contribution in [2.45, 2.75) is 25.3 Å². The highest BCUT2D eigenvalue weighted by Crippen LogP contribution is 2.23. The monoisotopic (exact) mass is 259 g/mol. The molecule has 0 aromatic carbocycles. The highest BCUT2D eigenvalue weighted by molar-refractivity contribution is 6.00. The van der Waals surface area contributed by atoms with E-state index in [4.69, 9.17) is 0 Å². The molecule has 1 rings (SSSR count). The van der Waals surface area contributed by atoms with E-state index in [2.05, 4.69) is 0 Å². The molecule has 1 heterocycles. The quantitative estimate of drug-likeness (QED) is 0.603. The van der Waals surface area contributed by atoms with E-state index in [-0.39, 0.29) is 0 Å². The molecule has 1 aromatic heterocycles. The smallest absolute Gasteiger partial charge is 0.353 e. The number of aryl methyl sites for hydroxylation is 1. The molecule has 0 aliphatic carbocycles. The third-order valence-electron chi connectivity index (χ3n) is 1.92. The third-order valence-corrected chi connectivity index (χ3v) is 1.92. The summed E-state index contributed by atoms with van der Waals surface area (Å²) in [6.45, 7) is -0.519. The van der Waals surface area contributed by atoms with Crippen LogP contribution in [0.25, 0.3) is 0 Å². The van der Waals surface area contributed by atoms with Crippen molar-refractivity contribution in [2.75, 3.05) is 0 Å². The lowest BCUT2D eigenvalue weighted by atomic mass is 10.2. The maximum atomic E-state index is 12.0. The molecule has 0 N–H and O–H groups in total. The molecule has 0 saturated heterocycles. The van der Waals surface area contributed by atoms with Gasteiger partial charge in [0.1, 0.15) is 0 Å². The summed E-state index contributed by atoms with van der Waals surface area (Å²) in [6, 6.07) is 0.839. The average molecular weight is 259 g/mol. The van der Waals surface area contributed by atoms with Crippen LogP contribution in [0.4, 0.5) is 26.3 Å². The Balaban J connectivity index is 2.69. The number of hydrogen-bond acceptors (Lipinski definition) is 1. The molecule has 8 heteroatoms. The normalized spacial score (nSPS) is 12.8. The summed E-state index contributed by atoms with van der Waals surface area (Å²) in [5.74, 6) is -2.07. The standard InChI is InChI=1S/C9H7F6NO/c10-8(11,12)2-4-16-3-1-6(5-16)7(17)9(13,14)15/h1,3,5H,2,4H2. The minimum Gasteiger partial charge on any atom is -0.353 e. The highest BCUT2D eigenvalue weighted by Gasteiger charge is 2.39. The van der Waals surface area contributed by atoms with E-state index in [0.29, 0.717) is 0 Å². The Labute approximate surface area is 91.8 Å². The average Bonchev–Trinajstić information content (AvgIpc) is 2.59. The molecule has 0 saturated carbocycles. The Hall–Kier alpha value is -1.47. The molecule has 0 radical (unpaired) electrons. The first-order chi connectivity index (χ1) is 7.59. The Morgan fingerprint density at radius 2 is 1.76 bits per heavy atom. The van der Waals surface area contributed by atoms with Crippen molar-refractivity contribution in [2.24, 2.45) is 0 Å². The van der Waals surface area contributed by atoms with Crippen LogP contribution in [-0.4, -0.2) is 22.7 Å². The molecule has 0 aliphatic rings. The molecule has 96 valence electrons. The maximum absolute atomic E-state index is 12.0. The van der Waals surface area contributed by atoms with Crippen LogP contribution in [0, 0.1) is 0 Å². The predicted octanol–water partition coefficient (Wildman–Crippen LogP) is 3.19. The van der Waals surface area contributed by atoms with Crippen molar-refractivity contribution >= 4 is 5.78 Å². The van der Waals surface area contributed by atoms with E-state index in [1.807, 2.05) is 0 Å². The summed E-state index contributed by atoms with van der Waals surface area (Å²) in [4.78, 5) is 10.7. The van der Waals surface area contributed by atoms with Crippen LogP contribution < -0.4 is 0 Å². The lowest BCUT2D eigenvalue weighted by Crippen LogP contribution is -2.22. The first-order valence-electron chi connectivity index (χ1n) is 4.43. The van der Waals surface area contributed by atoms with Gasteiger partial charge in [0.15, 0.2) is 0 Å². The molecule has 0 unspecified atom stereocenters. The molecule has 0 amide bonds. The van der Waals surface area contributed by atoms with E-state index in [1.165, 1.54) is 0 Å². The zero-order valence-corrected chi connectivity index (χ0v) is 8.27. The molecule has 17 heavy (non-hydrogen) atoms. The summed E-state index contributed by atoms with van der Waals surface area (Å²) < 4.78 is 72.3. The summed E-state index contributed by atoms with van der Waals surface area (Å²) in [5, 5.41) is 0. The van der Waals surface area contributed by atoms with Gasteiger partial charge in [0.05, 0.1) is 6.42 Å². The van der Waals surface area contributed by atoms with Gasteiger partial charge in [-0.1, -0.05) is 0 Å². The predicted molar refractivity (Wildman–Crippen MR) is 45.5 cm³/mol. The second-order valence-electron chi connectivity index (χ2n) is 3.33. The number of rotatable bonds is 3. The molecule has 2 nitrogen and oxygen atoms in total. The summed E-state index contributed by atoms with van der Waals surface area (Å²) >= 11 is 0. The fraction of sp³-hybridized carbons (Fsp3) is 0.444. The van der Waals surface area contributed by atoms with Gasteiger partial charge in [-0.3, -0.25) is 4.79 Å². The molecule has 0 fully saturated rings. The van der Waals surface area contributed by atoms with Crippen LogP contribution in [0.5, 0.6) is 0 Å². The number of ketones is 1. The number of nitrogens with zero attached hydrogens (tertiary/aromatic N) is 1. The Bertz CT molecular complexity index is 402. The third kappa shape index (κ3) is 4.12. The van der Waals surface area contributed by atoms with E-state index < -0.39 is 36.7 Å². The number of alkyl halides is 6. The Morgan fingerprint density at radius 3 is 2.24 bits per heavy atom. The van der Waals surface area contributed by atoms with Crippen molar-refractivity contribution in [1.29, 1.82) is 0 Å². The molecule has 0 bridgehead atoms. The molecular formula is C9H7F6NO. The van der Waals surface area contributed by atoms with Crippen molar-refractivity contribution in [3.05, 3.63) is 24.0 Å². The van der Waals surface area contributed by atoms with Gasteiger partial charge < -0.3 is 4.57 Å². The number of carbonyl (C=O) groups is 1. The SMILES string of the molecule is O=C(c1ccn(CCC(F)(F)F)c1)C(F)(F)F. The minimum absolute atomic E-state index is 0.519. The summed E-state index contributed by atoms with van der Waals surface area (Å²) in [7, 11) is 0. The van der Waals surface area contributed by atoms with Gasteiger partial charge in [0.25, 0.3) is 5.78 Å². The highest BCUT2D eigenvalue weighted by atomic mass is 19.4. The van der Waals surface area contributed by atoms with Crippen LogP contribution in [0.15, 0.2) is 18.5 Å². The molecule has 0 aliphatic heterocycles. The topological polar surface area (TPSA) is 22.0 Å². The van der Waals surface area contributed by atoms with Crippen LogP contribution in [0.3, 0.4) is 0 Å². The second-order valence-corrected chi connectivity index (χ2v) is 3.33. The van der Waals surface area contributed by atoms with Crippen LogP contribution >= 0.6 is 0 Å². The number of hydrogen-bond donors (Lipinski definition) is 0. The van der Waals surface area contributed by atoms with E-state index in [9.17, 15) is 31.1 Å². The first kappa shape index (κ1) is 13.6. The molecule has 1 aromatic rings. The van der Waals surface area contributed by atoms with Gasteiger partial charge >= 0.3 is 12.4 Å². The van der Waals surface area contributed by atoms with Crippen LogP contribution in [0.1, 0.15) is 16.8 Å². The minimum atomic E-state index is -5.02. The van der Waals surface area contributed by atoms with Crippen molar-refractivity contribution in [3.8, 4) is 0 Å². The number of carbonyl (C=O) groups excluding carboxylic acids is 1. The zero-order chi connectivity index (χ0) is 13.3. The summed E-state index contributed by atoms with van der Waals surface area (Å²) in [5.41, 5.74) is -0.667. The zero-order valence-electron chi connectivity index (χ0n) is 8.27. The van der Waals surface area contributed by atoms with Gasteiger partial charge in [-0.05, 0) is 6.07 Å². The van der Waals surface area contributed by atoms with E-state index in [1.54, 1.807) is 0 Å². The van der Waals surface area contributed by atoms with Crippen molar-refractivity contribution < 1.29 is 31.1 Å². The van der Waals surface area contributed by atoms with Gasteiger partial charge in [-0.2, -0.15) is 26.3 Å². The van der Waals surface area contributed by atoms with Crippen molar-refractivity contribution in [1.82, 2.24) is 4.57 Å². The van der Waals surface area contributed by atoms with E-state index in [0.717, 1.165) is 23.0 Å². The van der Waals surface area contributed by atoms with E-state index >= 15 is 0 Å². The molecule has 0 spiro atoms. The largest absolute Gasteiger partial charge is 0.454 e. The fourth-order valence-corrected chi connectivity index (χ4v) is 1.13. The number of Topliss-reactive ketones (excluding diaryl/α,β-unsaturated/α-hetero) is 1. The first-order valence-corrected chi connectivity index (χ1v) is 4.43. The molecular weight excluding hydrogens is 252 g/mol. The number of aromatic nitrogens is 1. The molecule has 0 atom stereocenters. The lowest BCUT2D eigenvalue weighted by Gasteiger charge is -2.06. The van der Waals surface area contributed by atoms with Crippen molar-refractivity contribution in [3.63, 3.8) is 0 Å². The van der Waals surface area contributed by atoms with Crippen LogP contribution in [0.2, 0.25) is 0 Å². The van der Waals surface area contributed by atoms with Gasteiger partial charge in [0, 0.05) is 24.5 Å². The number of halogens is 6. The maximum Gasteiger partial charge on any atom is 0.454 e. The van der Waals surface area contributed by atoms with Crippen LogP contribution in [-0.2, 0) is 6.54 Å². The lowest BCUT2D eigenvalue weighted by molar-refractivity contribution is -0.136. The van der Waals surface area contributed by atoms with Gasteiger partial charge in [0.2, 0.25) is 0 Å². The second kappa shape index (κ2) is 4.42. The van der Waals surface area contributed by atoms with Gasteiger partial charge in [-0.15, -0.1) is 0 Å². The Morgan fingerprint density at radius 1 is 1.18 bits per heavy atom. The van der Waals surface area contributed by atoms with Gasteiger partial charge in [-0.25, -0.2) is 0 Å².